The maximum absolute atomic E-state index is 12.6. The Hall–Kier alpha value is -3.53. The number of benzene rings is 1. The number of aromatic nitrogens is 2. The Kier molecular flexibility index (Phi) is 4.26. The number of aryl methyl sites for hydroxylation is 3. The number of hydrogen-bond acceptors (Lipinski definition) is 6. The van der Waals surface area contributed by atoms with E-state index in [0.717, 1.165) is 11.4 Å². The number of carbonyl (C=O) groups is 2. The zero-order valence-electron chi connectivity index (χ0n) is 14.8. The zero-order valence-corrected chi connectivity index (χ0v) is 14.8. The average Bonchev–Trinajstić information content (AvgIpc) is 2.90. The topological polar surface area (TPSA) is 109 Å². The summed E-state index contributed by atoms with van der Waals surface area (Å²) >= 11 is 0. The number of ketones is 1. The van der Waals surface area contributed by atoms with Crippen LogP contribution in [0.1, 0.15) is 50.4 Å². The molecule has 1 N–H and O–H groups in total. The van der Waals surface area contributed by atoms with E-state index in [2.05, 4.69) is 15.3 Å². The number of nitrogens with zero attached hydrogens (tertiary/aromatic N) is 3. The van der Waals surface area contributed by atoms with E-state index in [4.69, 9.17) is 4.42 Å². The summed E-state index contributed by atoms with van der Waals surface area (Å²) in [6.07, 6.45) is 0. The van der Waals surface area contributed by atoms with E-state index in [1.54, 1.807) is 25.1 Å². The van der Waals surface area contributed by atoms with Gasteiger partial charge in [-0.25, -0.2) is 9.97 Å². The van der Waals surface area contributed by atoms with Crippen LogP contribution in [0.5, 0.6) is 0 Å². The molecule has 0 aliphatic heterocycles. The summed E-state index contributed by atoms with van der Waals surface area (Å²) in [4.78, 5) is 33.1. The Morgan fingerprint density at radius 1 is 1.12 bits per heavy atom. The largest absolute Gasteiger partial charge is 0.443 e. The van der Waals surface area contributed by atoms with Crippen molar-refractivity contribution in [3.63, 3.8) is 0 Å². The van der Waals surface area contributed by atoms with Crippen LogP contribution in [0, 0.1) is 32.1 Å². The van der Waals surface area contributed by atoms with E-state index in [0.29, 0.717) is 22.4 Å². The third kappa shape index (κ3) is 2.93. The highest BCUT2D eigenvalue weighted by molar-refractivity contribution is 6.07. The van der Waals surface area contributed by atoms with Crippen molar-refractivity contribution in [1.29, 1.82) is 5.26 Å². The van der Waals surface area contributed by atoms with Gasteiger partial charge in [0.2, 0.25) is 5.88 Å². The van der Waals surface area contributed by atoms with Gasteiger partial charge in [-0.1, -0.05) is 0 Å². The minimum atomic E-state index is -0.465. The maximum Gasteiger partial charge on any atom is 0.258 e. The second kappa shape index (κ2) is 6.41. The lowest BCUT2D eigenvalue weighted by atomic mass is 10.1. The van der Waals surface area contributed by atoms with Crippen LogP contribution in [-0.4, -0.2) is 21.7 Å². The number of amides is 1. The third-order valence-electron chi connectivity index (χ3n) is 4.11. The van der Waals surface area contributed by atoms with Crippen LogP contribution in [-0.2, 0) is 0 Å². The highest BCUT2D eigenvalue weighted by Crippen LogP contribution is 2.27. The summed E-state index contributed by atoms with van der Waals surface area (Å²) in [6, 6.07) is 6.87. The second-order valence-corrected chi connectivity index (χ2v) is 5.96. The Balaban J connectivity index is 1.97. The molecule has 1 amide bonds. The number of hydrogen-bond donors (Lipinski definition) is 1. The normalized spacial score (nSPS) is 10.6. The molecule has 0 spiro atoms. The minimum Gasteiger partial charge on any atom is -0.443 e. The predicted octanol–water partition coefficient (Wildman–Crippen LogP) is 3.47. The fourth-order valence-electron chi connectivity index (χ4n) is 2.71. The van der Waals surface area contributed by atoms with E-state index in [-0.39, 0.29) is 22.8 Å². The number of carbonyl (C=O) groups excluding carboxylic acids is 2. The van der Waals surface area contributed by atoms with Crippen molar-refractivity contribution in [2.45, 2.75) is 27.7 Å². The van der Waals surface area contributed by atoms with E-state index in [9.17, 15) is 14.9 Å². The minimum absolute atomic E-state index is 0.0235. The van der Waals surface area contributed by atoms with Gasteiger partial charge in [0.05, 0.1) is 28.0 Å². The van der Waals surface area contributed by atoms with Crippen molar-refractivity contribution in [2.75, 3.05) is 5.32 Å². The first kappa shape index (κ1) is 17.3. The number of nitriles is 1. The molecule has 3 rings (SSSR count). The molecule has 0 saturated heterocycles. The van der Waals surface area contributed by atoms with E-state index >= 15 is 0 Å². The second-order valence-electron chi connectivity index (χ2n) is 5.96. The molecule has 0 bridgehead atoms. The van der Waals surface area contributed by atoms with Crippen LogP contribution in [0.3, 0.4) is 0 Å². The lowest BCUT2D eigenvalue weighted by Crippen LogP contribution is -2.12. The number of fused-ring (bicyclic) bond motifs is 1. The van der Waals surface area contributed by atoms with Crippen molar-refractivity contribution in [1.82, 2.24) is 9.97 Å². The number of furan rings is 1. The van der Waals surface area contributed by atoms with Crippen molar-refractivity contribution < 1.29 is 14.0 Å². The number of nitrogens with one attached hydrogen (secondary N) is 1. The third-order valence-corrected chi connectivity index (χ3v) is 4.11. The molecule has 2 heterocycles. The standard InChI is InChI=1S/C19H16N4O3/c1-9-10(2)22-16-7-13(5-6-15(16)21-9)18(25)23-19-14(8-20)17(11(3)24)12(4)26-19/h5-7H,1-4H3,(H,23,25). The van der Waals surface area contributed by atoms with Gasteiger partial charge in [-0.05, 0) is 45.9 Å². The van der Waals surface area contributed by atoms with Crippen molar-refractivity contribution in [3.05, 3.63) is 52.0 Å². The van der Waals surface area contributed by atoms with Crippen LogP contribution >= 0.6 is 0 Å². The molecule has 0 aliphatic carbocycles. The Morgan fingerprint density at radius 2 is 1.77 bits per heavy atom. The summed E-state index contributed by atoms with van der Waals surface area (Å²) in [6.45, 7) is 6.64. The average molecular weight is 348 g/mol. The van der Waals surface area contributed by atoms with Gasteiger partial charge in [-0.2, -0.15) is 5.26 Å². The van der Waals surface area contributed by atoms with Crippen LogP contribution in [0.25, 0.3) is 11.0 Å². The highest BCUT2D eigenvalue weighted by Gasteiger charge is 2.23. The zero-order chi connectivity index (χ0) is 19.0. The fourth-order valence-corrected chi connectivity index (χ4v) is 2.71. The van der Waals surface area contributed by atoms with Crippen LogP contribution in [0.15, 0.2) is 22.6 Å². The molecule has 26 heavy (non-hydrogen) atoms. The first-order valence-electron chi connectivity index (χ1n) is 7.92. The molecule has 3 aromatic rings. The van der Waals surface area contributed by atoms with Gasteiger partial charge in [0.1, 0.15) is 17.4 Å². The van der Waals surface area contributed by atoms with Crippen LogP contribution in [0.2, 0.25) is 0 Å². The van der Waals surface area contributed by atoms with Gasteiger partial charge in [0.25, 0.3) is 5.91 Å². The van der Waals surface area contributed by atoms with Crippen LogP contribution in [0.4, 0.5) is 5.88 Å². The maximum atomic E-state index is 12.6. The molecule has 1 aromatic carbocycles. The summed E-state index contributed by atoms with van der Waals surface area (Å²) in [7, 11) is 0. The summed E-state index contributed by atoms with van der Waals surface area (Å²) in [5.74, 6) is -0.506. The van der Waals surface area contributed by atoms with Gasteiger partial charge in [0.15, 0.2) is 5.78 Å². The Bertz CT molecular complexity index is 1110. The van der Waals surface area contributed by atoms with E-state index in [1.807, 2.05) is 19.9 Å². The molecular weight excluding hydrogens is 332 g/mol. The Morgan fingerprint density at radius 3 is 2.38 bits per heavy atom. The molecule has 0 fully saturated rings. The summed E-state index contributed by atoms with van der Waals surface area (Å²) in [5, 5.41) is 11.9. The van der Waals surface area contributed by atoms with Gasteiger partial charge in [-0.15, -0.1) is 0 Å². The van der Waals surface area contributed by atoms with Gasteiger partial charge >= 0.3 is 0 Å². The fraction of sp³-hybridized carbons (Fsp3) is 0.211. The molecule has 2 aromatic heterocycles. The van der Waals surface area contributed by atoms with Gasteiger partial charge in [-0.3, -0.25) is 14.9 Å². The molecule has 130 valence electrons. The monoisotopic (exact) mass is 348 g/mol. The lowest BCUT2D eigenvalue weighted by molar-refractivity contribution is 0.101. The molecular formula is C19H16N4O3. The van der Waals surface area contributed by atoms with Gasteiger partial charge in [0, 0.05) is 5.56 Å². The van der Waals surface area contributed by atoms with Crippen molar-refractivity contribution in [2.24, 2.45) is 0 Å². The molecule has 0 atom stereocenters. The van der Waals surface area contributed by atoms with Crippen LogP contribution < -0.4 is 5.32 Å². The lowest BCUT2D eigenvalue weighted by Gasteiger charge is -2.06. The predicted molar refractivity (Wildman–Crippen MR) is 95.1 cm³/mol. The molecule has 0 unspecified atom stereocenters. The number of Topliss-reactive ketones (excluding diaryl/α,β-unsaturated/α-hetero) is 1. The van der Waals surface area contributed by atoms with E-state index in [1.165, 1.54) is 6.92 Å². The highest BCUT2D eigenvalue weighted by atomic mass is 16.4. The smallest absolute Gasteiger partial charge is 0.258 e. The molecule has 7 heteroatoms. The van der Waals surface area contributed by atoms with Crippen molar-refractivity contribution in [3.8, 4) is 6.07 Å². The quantitative estimate of drug-likeness (QED) is 0.726. The first-order valence-corrected chi connectivity index (χ1v) is 7.92. The molecule has 0 aliphatic rings. The number of rotatable bonds is 3. The summed E-state index contributed by atoms with van der Waals surface area (Å²) in [5.41, 5.74) is 3.45. The Labute approximate surface area is 149 Å². The summed E-state index contributed by atoms with van der Waals surface area (Å²) < 4.78 is 5.41. The number of anilines is 1. The molecule has 7 nitrogen and oxygen atoms in total. The molecule has 0 saturated carbocycles. The van der Waals surface area contributed by atoms with E-state index < -0.39 is 5.91 Å². The SMILES string of the molecule is CC(=O)c1c(C)oc(NC(=O)c2ccc3nc(C)c(C)nc3c2)c1C#N. The van der Waals surface area contributed by atoms with Gasteiger partial charge < -0.3 is 4.42 Å². The first-order chi connectivity index (χ1) is 12.3. The van der Waals surface area contributed by atoms with Crippen molar-refractivity contribution >= 4 is 28.6 Å². The molecule has 0 radical (unpaired) electrons.